The first-order valence-electron chi connectivity index (χ1n) is 6.61. The van der Waals surface area contributed by atoms with Crippen LogP contribution in [0.25, 0.3) is 10.8 Å². The van der Waals surface area contributed by atoms with E-state index in [2.05, 4.69) is 29.6 Å². The Kier molecular flexibility index (Phi) is 3.22. The van der Waals surface area contributed by atoms with Gasteiger partial charge in [0.05, 0.1) is 6.04 Å². The lowest BCUT2D eigenvalue weighted by atomic mass is 10.1. The van der Waals surface area contributed by atoms with E-state index in [1.165, 1.54) is 10.8 Å². The molecule has 3 heteroatoms. The topological polar surface area (TPSA) is 38.3 Å². The van der Waals surface area contributed by atoms with Crippen LogP contribution in [0.4, 0.5) is 0 Å². The highest BCUT2D eigenvalue weighted by Crippen LogP contribution is 2.23. The number of rotatable bonds is 3. The Hall–Kier alpha value is -1.87. The second-order valence-electron chi connectivity index (χ2n) is 5.06. The summed E-state index contributed by atoms with van der Waals surface area (Å²) < 4.78 is 5.95. The summed E-state index contributed by atoms with van der Waals surface area (Å²) in [7, 11) is 0. The molecule has 1 heterocycles. The first-order valence-corrected chi connectivity index (χ1v) is 6.61. The average molecular weight is 255 g/mol. The summed E-state index contributed by atoms with van der Waals surface area (Å²) in [6.45, 7) is 2.35. The number of carbonyl (C=O) groups is 1. The van der Waals surface area contributed by atoms with Crippen molar-refractivity contribution in [1.29, 1.82) is 0 Å². The number of hydrogen-bond donors (Lipinski definition) is 1. The molecule has 98 valence electrons. The van der Waals surface area contributed by atoms with Crippen LogP contribution in [0.3, 0.4) is 0 Å². The van der Waals surface area contributed by atoms with Gasteiger partial charge in [0.25, 0.3) is 0 Å². The quantitative estimate of drug-likeness (QED) is 0.916. The summed E-state index contributed by atoms with van der Waals surface area (Å²) in [6, 6.07) is 14.3. The highest BCUT2D eigenvalue weighted by molar-refractivity contribution is 5.83. The van der Waals surface area contributed by atoms with Crippen molar-refractivity contribution in [3.05, 3.63) is 42.5 Å². The number of fused-ring (bicyclic) bond motifs is 1. The predicted octanol–water partition coefficient (Wildman–Crippen LogP) is 2.54. The van der Waals surface area contributed by atoms with Gasteiger partial charge < -0.3 is 10.1 Å². The summed E-state index contributed by atoms with van der Waals surface area (Å²) in [4.78, 5) is 11.3. The maximum absolute atomic E-state index is 11.3. The molecule has 1 aliphatic heterocycles. The maximum atomic E-state index is 11.3. The maximum Gasteiger partial charge on any atom is 0.146 e. The Morgan fingerprint density at radius 1 is 1.21 bits per heavy atom. The van der Waals surface area contributed by atoms with Crippen LogP contribution in [-0.4, -0.2) is 24.5 Å². The summed E-state index contributed by atoms with van der Waals surface area (Å²) in [5, 5.41) is 5.57. The van der Waals surface area contributed by atoms with Crippen molar-refractivity contribution in [1.82, 2.24) is 5.32 Å². The molecule has 0 radical (unpaired) electrons. The third-order valence-electron chi connectivity index (χ3n) is 3.60. The number of ketones is 1. The van der Waals surface area contributed by atoms with E-state index in [0.717, 1.165) is 18.7 Å². The van der Waals surface area contributed by atoms with Gasteiger partial charge in [-0.15, -0.1) is 0 Å². The molecule has 0 saturated carbocycles. The third-order valence-corrected chi connectivity index (χ3v) is 3.60. The van der Waals surface area contributed by atoms with Gasteiger partial charge in [-0.05, 0) is 29.8 Å². The Bertz CT molecular complexity index is 608. The molecule has 2 aromatic rings. The van der Waals surface area contributed by atoms with Gasteiger partial charge in [-0.25, -0.2) is 0 Å². The van der Waals surface area contributed by atoms with Crippen molar-refractivity contribution in [2.45, 2.75) is 25.5 Å². The van der Waals surface area contributed by atoms with Crippen molar-refractivity contribution < 1.29 is 9.53 Å². The SMILES string of the molecule is CC(=O)C1CC(Oc2ccc3ccccc3c2)CN1. The molecule has 2 atom stereocenters. The van der Waals surface area contributed by atoms with Crippen molar-refractivity contribution in [3.63, 3.8) is 0 Å². The van der Waals surface area contributed by atoms with E-state index in [9.17, 15) is 4.79 Å². The summed E-state index contributed by atoms with van der Waals surface area (Å²) in [6.07, 6.45) is 0.831. The third kappa shape index (κ3) is 2.61. The molecule has 1 N–H and O–H groups in total. The summed E-state index contributed by atoms with van der Waals surface area (Å²) in [5.41, 5.74) is 0. The van der Waals surface area contributed by atoms with Gasteiger partial charge in [0.15, 0.2) is 0 Å². The largest absolute Gasteiger partial charge is 0.489 e. The van der Waals surface area contributed by atoms with Crippen LogP contribution >= 0.6 is 0 Å². The van der Waals surface area contributed by atoms with Crippen LogP contribution in [0.2, 0.25) is 0 Å². The number of hydrogen-bond acceptors (Lipinski definition) is 3. The Morgan fingerprint density at radius 3 is 2.74 bits per heavy atom. The minimum absolute atomic E-state index is 0.0505. The molecule has 19 heavy (non-hydrogen) atoms. The highest BCUT2D eigenvalue weighted by Gasteiger charge is 2.28. The van der Waals surface area contributed by atoms with Crippen LogP contribution in [0.5, 0.6) is 5.75 Å². The fourth-order valence-electron chi connectivity index (χ4n) is 2.54. The summed E-state index contributed by atoms with van der Waals surface area (Å²) in [5.74, 6) is 1.05. The lowest BCUT2D eigenvalue weighted by Crippen LogP contribution is -2.28. The molecule has 3 nitrogen and oxygen atoms in total. The standard InChI is InChI=1S/C16H17NO2/c1-11(18)16-9-15(10-17-16)19-14-7-6-12-4-2-3-5-13(12)8-14/h2-8,15-17H,9-10H2,1H3. The van der Waals surface area contributed by atoms with Crippen LogP contribution in [0, 0.1) is 0 Å². The monoisotopic (exact) mass is 255 g/mol. The van der Waals surface area contributed by atoms with Gasteiger partial charge >= 0.3 is 0 Å². The number of ether oxygens (including phenoxy) is 1. The second kappa shape index (κ2) is 5.02. The zero-order chi connectivity index (χ0) is 13.2. The lowest BCUT2D eigenvalue weighted by molar-refractivity contribution is -0.118. The summed E-state index contributed by atoms with van der Waals surface area (Å²) >= 11 is 0. The molecule has 1 fully saturated rings. The molecule has 0 bridgehead atoms. The fraction of sp³-hybridized carbons (Fsp3) is 0.312. The molecule has 3 rings (SSSR count). The van der Waals surface area contributed by atoms with E-state index in [-0.39, 0.29) is 17.9 Å². The normalized spacial score (nSPS) is 22.6. The van der Waals surface area contributed by atoms with E-state index < -0.39 is 0 Å². The van der Waals surface area contributed by atoms with E-state index in [1.807, 2.05) is 18.2 Å². The lowest BCUT2D eigenvalue weighted by Gasteiger charge is -2.13. The molecule has 1 saturated heterocycles. The van der Waals surface area contributed by atoms with Crippen LogP contribution < -0.4 is 10.1 Å². The average Bonchev–Trinajstić information content (AvgIpc) is 2.87. The Balaban J connectivity index is 1.73. The van der Waals surface area contributed by atoms with Gasteiger partial charge in [-0.2, -0.15) is 0 Å². The zero-order valence-corrected chi connectivity index (χ0v) is 10.9. The minimum atomic E-state index is -0.0505. The molecule has 2 unspecified atom stereocenters. The van der Waals surface area contributed by atoms with Gasteiger partial charge in [0.1, 0.15) is 17.6 Å². The van der Waals surface area contributed by atoms with E-state index in [4.69, 9.17) is 4.74 Å². The molecule has 0 spiro atoms. The van der Waals surface area contributed by atoms with E-state index >= 15 is 0 Å². The predicted molar refractivity (Wildman–Crippen MR) is 75.5 cm³/mol. The van der Waals surface area contributed by atoms with Gasteiger partial charge in [0, 0.05) is 13.0 Å². The first-order chi connectivity index (χ1) is 9.22. The van der Waals surface area contributed by atoms with Crippen molar-refractivity contribution in [2.75, 3.05) is 6.54 Å². The van der Waals surface area contributed by atoms with Crippen LogP contribution in [-0.2, 0) is 4.79 Å². The van der Waals surface area contributed by atoms with Gasteiger partial charge in [0.2, 0.25) is 0 Å². The second-order valence-corrected chi connectivity index (χ2v) is 5.06. The van der Waals surface area contributed by atoms with Gasteiger partial charge in [-0.3, -0.25) is 4.79 Å². The first kappa shape index (κ1) is 12.2. The molecular formula is C16H17NO2. The highest BCUT2D eigenvalue weighted by atomic mass is 16.5. The number of carbonyl (C=O) groups excluding carboxylic acids is 1. The molecule has 0 amide bonds. The fourth-order valence-corrected chi connectivity index (χ4v) is 2.54. The molecule has 2 aromatic carbocycles. The van der Waals surface area contributed by atoms with Crippen LogP contribution in [0.1, 0.15) is 13.3 Å². The molecular weight excluding hydrogens is 238 g/mol. The molecule has 0 aliphatic carbocycles. The number of Topliss-reactive ketones (excluding diaryl/α,β-unsaturated/α-hetero) is 1. The van der Waals surface area contributed by atoms with E-state index in [1.54, 1.807) is 6.92 Å². The Morgan fingerprint density at radius 2 is 2.00 bits per heavy atom. The van der Waals surface area contributed by atoms with Crippen LogP contribution in [0.15, 0.2) is 42.5 Å². The number of benzene rings is 2. The zero-order valence-electron chi connectivity index (χ0n) is 10.9. The molecule has 0 aromatic heterocycles. The smallest absolute Gasteiger partial charge is 0.146 e. The van der Waals surface area contributed by atoms with Crippen molar-refractivity contribution >= 4 is 16.6 Å². The number of nitrogens with one attached hydrogen (secondary N) is 1. The Labute approximate surface area is 112 Å². The van der Waals surface area contributed by atoms with Crippen molar-refractivity contribution in [3.8, 4) is 5.75 Å². The van der Waals surface area contributed by atoms with Gasteiger partial charge in [-0.1, -0.05) is 30.3 Å². The molecule has 1 aliphatic rings. The van der Waals surface area contributed by atoms with Crippen molar-refractivity contribution in [2.24, 2.45) is 0 Å². The van der Waals surface area contributed by atoms with E-state index in [0.29, 0.717) is 0 Å². The minimum Gasteiger partial charge on any atom is -0.489 e.